The van der Waals surface area contributed by atoms with E-state index < -0.39 is 0 Å². The highest BCUT2D eigenvalue weighted by Crippen LogP contribution is 2.48. The van der Waals surface area contributed by atoms with Crippen LogP contribution in [0, 0.1) is 0 Å². The van der Waals surface area contributed by atoms with E-state index in [1.165, 1.54) is 0 Å². The van der Waals surface area contributed by atoms with E-state index in [0.717, 1.165) is 69.8 Å². The summed E-state index contributed by atoms with van der Waals surface area (Å²) in [5.74, 6) is 1.56. The zero-order valence-electron chi connectivity index (χ0n) is 20.9. The molecule has 1 aromatic heterocycles. The maximum Gasteiger partial charge on any atom is 0.255 e. The molecule has 0 N–H and O–H groups in total. The van der Waals surface area contributed by atoms with E-state index in [1.54, 1.807) is 14.2 Å². The number of benzene rings is 3. The third-order valence-electron chi connectivity index (χ3n) is 7.56. The number of rotatable bonds is 6. The molecule has 6 rings (SSSR count). The summed E-state index contributed by atoms with van der Waals surface area (Å²) in [5.41, 5.74) is 5.92. The van der Waals surface area contributed by atoms with Crippen molar-refractivity contribution >= 4 is 16.8 Å². The molecule has 4 aromatic rings. The largest absolute Gasteiger partial charge is 0.497 e. The van der Waals surface area contributed by atoms with Gasteiger partial charge in [0.1, 0.15) is 11.5 Å². The van der Waals surface area contributed by atoms with Gasteiger partial charge in [-0.25, -0.2) is 0 Å². The van der Waals surface area contributed by atoms with Gasteiger partial charge in [0.05, 0.1) is 32.1 Å². The van der Waals surface area contributed by atoms with Gasteiger partial charge in [-0.3, -0.25) is 4.79 Å². The maximum absolute atomic E-state index is 13.8. The second-order valence-corrected chi connectivity index (χ2v) is 9.49. The van der Waals surface area contributed by atoms with Gasteiger partial charge >= 0.3 is 0 Å². The standard InChI is InChI=1S/C30H30N2O4/c1-31-25-13-7-6-12-23(25)27(28(31)24-17-19(34-2)14-15-26(24)35-3)29-21-10-4-5-11-22(21)30(33)32(29)18-20-9-8-16-36-20/h4-7,10-15,17,20,29H,8-9,16,18H2,1-3H3/t20-,29+/m1/s1. The average Bonchev–Trinajstić information content (AvgIpc) is 3.61. The summed E-state index contributed by atoms with van der Waals surface area (Å²) in [6, 6.07) is 22.0. The van der Waals surface area contributed by atoms with E-state index in [-0.39, 0.29) is 18.1 Å². The van der Waals surface area contributed by atoms with Crippen LogP contribution in [0.25, 0.3) is 22.2 Å². The van der Waals surface area contributed by atoms with Crippen molar-refractivity contribution in [3.63, 3.8) is 0 Å². The number of methoxy groups -OCH3 is 2. The highest BCUT2D eigenvalue weighted by atomic mass is 16.5. The predicted octanol–water partition coefficient (Wildman–Crippen LogP) is 5.59. The zero-order chi connectivity index (χ0) is 24.8. The summed E-state index contributed by atoms with van der Waals surface area (Å²) >= 11 is 0. The molecule has 0 radical (unpaired) electrons. The molecule has 1 saturated heterocycles. The number of aryl methyl sites for hydroxylation is 1. The number of nitrogens with zero attached hydrogens (tertiary/aromatic N) is 2. The molecular formula is C30H30N2O4. The number of hydrogen-bond acceptors (Lipinski definition) is 4. The Labute approximate surface area is 211 Å². The number of aromatic nitrogens is 1. The zero-order valence-corrected chi connectivity index (χ0v) is 20.9. The van der Waals surface area contributed by atoms with E-state index in [1.807, 2.05) is 41.3 Å². The van der Waals surface area contributed by atoms with Gasteiger partial charge in [-0.1, -0.05) is 36.4 Å². The van der Waals surface area contributed by atoms with E-state index >= 15 is 0 Å². The van der Waals surface area contributed by atoms with Crippen LogP contribution in [-0.4, -0.2) is 48.8 Å². The number of amides is 1. The van der Waals surface area contributed by atoms with Crippen LogP contribution in [0.2, 0.25) is 0 Å². The van der Waals surface area contributed by atoms with Crippen LogP contribution in [0.4, 0.5) is 0 Å². The highest BCUT2D eigenvalue weighted by molar-refractivity contribution is 6.02. The molecule has 36 heavy (non-hydrogen) atoms. The van der Waals surface area contributed by atoms with Crippen LogP contribution in [0.5, 0.6) is 11.5 Å². The van der Waals surface area contributed by atoms with Gasteiger partial charge in [0.2, 0.25) is 0 Å². The summed E-state index contributed by atoms with van der Waals surface area (Å²) < 4.78 is 19.6. The van der Waals surface area contributed by atoms with Crippen LogP contribution >= 0.6 is 0 Å². The minimum absolute atomic E-state index is 0.0514. The quantitative estimate of drug-likeness (QED) is 0.360. The number of fused-ring (bicyclic) bond motifs is 2. The van der Waals surface area contributed by atoms with E-state index in [9.17, 15) is 4.79 Å². The third-order valence-corrected chi connectivity index (χ3v) is 7.56. The van der Waals surface area contributed by atoms with E-state index in [2.05, 4.69) is 41.9 Å². The number of hydrogen-bond donors (Lipinski definition) is 0. The smallest absolute Gasteiger partial charge is 0.255 e. The molecule has 6 heteroatoms. The molecule has 3 aromatic carbocycles. The molecule has 0 saturated carbocycles. The van der Waals surface area contributed by atoms with Gasteiger partial charge in [-0.2, -0.15) is 0 Å². The fraction of sp³-hybridized carbons (Fsp3) is 0.300. The minimum atomic E-state index is -0.241. The Kier molecular flexibility index (Phi) is 5.69. The number of carbonyl (C=O) groups excluding carboxylic acids is 1. The highest BCUT2D eigenvalue weighted by Gasteiger charge is 2.42. The molecule has 1 fully saturated rings. The Morgan fingerprint density at radius 1 is 0.972 bits per heavy atom. The fourth-order valence-corrected chi connectivity index (χ4v) is 5.90. The van der Waals surface area contributed by atoms with Gasteiger partial charge in [0, 0.05) is 47.8 Å². The van der Waals surface area contributed by atoms with Gasteiger partial charge in [-0.05, 0) is 48.7 Å². The first-order valence-electron chi connectivity index (χ1n) is 12.4. The Balaban J connectivity index is 1.64. The van der Waals surface area contributed by atoms with E-state index in [0.29, 0.717) is 6.54 Å². The number of carbonyl (C=O) groups is 1. The van der Waals surface area contributed by atoms with E-state index in [4.69, 9.17) is 14.2 Å². The van der Waals surface area contributed by atoms with Crippen molar-refractivity contribution in [3.05, 3.63) is 83.4 Å². The van der Waals surface area contributed by atoms with Crippen LogP contribution in [0.3, 0.4) is 0 Å². The molecule has 1 amide bonds. The maximum atomic E-state index is 13.8. The Morgan fingerprint density at radius 3 is 2.56 bits per heavy atom. The molecule has 3 heterocycles. The van der Waals surface area contributed by atoms with Gasteiger partial charge < -0.3 is 23.7 Å². The normalized spacial score (nSPS) is 19.2. The molecule has 184 valence electrons. The monoisotopic (exact) mass is 482 g/mol. The lowest BCUT2D eigenvalue weighted by molar-refractivity contribution is 0.0501. The molecule has 6 nitrogen and oxygen atoms in total. The lowest BCUT2D eigenvalue weighted by Crippen LogP contribution is -2.36. The third kappa shape index (κ3) is 3.47. The molecule has 2 aliphatic rings. The molecule has 0 spiro atoms. The summed E-state index contributed by atoms with van der Waals surface area (Å²) in [7, 11) is 5.43. The Morgan fingerprint density at radius 2 is 1.78 bits per heavy atom. The Bertz CT molecular complexity index is 1450. The summed E-state index contributed by atoms with van der Waals surface area (Å²) in [5, 5.41) is 1.12. The molecular weight excluding hydrogens is 452 g/mol. The second-order valence-electron chi connectivity index (χ2n) is 9.49. The van der Waals surface area contributed by atoms with Crippen LogP contribution in [0.15, 0.2) is 66.7 Å². The van der Waals surface area contributed by atoms with Crippen molar-refractivity contribution in [1.82, 2.24) is 9.47 Å². The lowest BCUT2D eigenvalue weighted by atomic mass is 9.92. The summed E-state index contributed by atoms with van der Waals surface area (Å²) in [6.07, 6.45) is 2.06. The minimum Gasteiger partial charge on any atom is -0.497 e. The van der Waals surface area contributed by atoms with Gasteiger partial charge in [0.15, 0.2) is 0 Å². The Hall–Kier alpha value is -3.77. The lowest BCUT2D eigenvalue weighted by Gasteiger charge is -2.29. The summed E-state index contributed by atoms with van der Waals surface area (Å²) in [4.78, 5) is 15.8. The first-order valence-corrected chi connectivity index (χ1v) is 12.4. The van der Waals surface area contributed by atoms with Crippen LogP contribution in [-0.2, 0) is 11.8 Å². The van der Waals surface area contributed by atoms with Gasteiger partial charge in [-0.15, -0.1) is 0 Å². The van der Waals surface area contributed by atoms with Crippen molar-refractivity contribution in [3.8, 4) is 22.8 Å². The SMILES string of the molecule is COc1ccc(OC)c(-c2c([C@@H]3c4ccccc4C(=O)N3C[C@H]3CCCO3)c3ccccc3n2C)c1. The molecule has 2 aliphatic heterocycles. The molecule has 2 atom stereocenters. The van der Waals surface area contributed by atoms with Crippen LogP contribution < -0.4 is 9.47 Å². The van der Waals surface area contributed by atoms with Crippen molar-refractivity contribution in [2.45, 2.75) is 25.0 Å². The van der Waals surface area contributed by atoms with Gasteiger partial charge in [0.25, 0.3) is 5.91 Å². The van der Waals surface area contributed by atoms with Crippen LogP contribution in [0.1, 0.15) is 40.4 Å². The van der Waals surface area contributed by atoms with Crippen molar-refractivity contribution in [2.24, 2.45) is 7.05 Å². The van der Waals surface area contributed by atoms with Crippen molar-refractivity contribution in [2.75, 3.05) is 27.4 Å². The molecule has 0 aliphatic carbocycles. The molecule has 0 bridgehead atoms. The second kappa shape index (κ2) is 9.03. The first-order chi connectivity index (χ1) is 17.6. The van der Waals surface area contributed by atoms with Crippen molar-refractivity contribution in [1.29, 1.82) is 0 Å². The molecule has 0 unspecified atom stereocenters. The average molecular weight is 483 g/mol. The topological polar surface area (TPSA) is 52.9 Å². The number of para-hydroxylation sites is 1. The fourth-order valence-electron chi connectivity index (χ4n) is 5.90. The predicted molar refractivity (Wildman–Crippen MR) is 140 cm³/mol. The number of ether oxygens (including phenoxy) is 3. The first kappa shape index (κ1) is 22.7. The van der Waals surface area contributed by atoms with Crippen molar-refractivity contribution < 1.29 is 19.0 Å². The summed E-state index contributed by atoms with van der Waals surface area (Å²) in [6.45, 7) is 1.32.